The Balaban J connectivity index is 2.25. The van der Waals surface area contributed by atoms with Gasteiger partial charge in [-0.3, -0.25) is 0 Å². The molecule has 0 amide bonds. The first-order chi connectivity index (χ1) is 8.24. The highest BCUT2D eigenvalue weighted by Crippen LogP contribution is 2.20. The lowest BCUT2D eigenvalue weighted by atomic mass is 10.1. The van der Waals surface area contributed by atoms with Crippen LogP contribution < -0.4 is 0 Å². The molecule has 0 aliphatic rings. The van der Waals surface area contributed by atoms with Gasteiger partial charge in [0.15, 0.2) is 0 Å². The molecule has 3 nitrogen and oxygen atoms in total. The summed E-state index contributed by atoms with van der Waals surface area (Å²) < 4.78 is 0. The zero-order valence-electron chi connectivity index (χ0n) is 10.3. The highest BCUT2D eigenvalue weighted by Gasteiger charge is 2.05. The number of nitrogens with one attached hydrogen (secondary N) is 1. The first-order valence-electron chi connectivity index (χ1n) is 5.93. The van der Waals surface area contributed by atoms with E-state index in [0.717, 1.165) is 30.6 Å². The summed E-state index contributed by atoms with van der Waals surface area (Å²) in [6.07, 6.45) is 3.06. The molecular weight excluding hydrogens is 210 g/mol. The Morgan fingerprint density at radius 3 is 2.94 bits per heavy atom. The number of fused-ring (bicyclic) bond motifs is 1. The predicted molar refractivity (Wildman–Crippen MR) is 69.9 cm³/mol. The van der Waals surface area contributed by atoms with Gasteiger partial charge in [0, 0.05) is 23.6 Å². The molecule has 1 heterocycles. The number of aromatic amines is 1. The Morgan fingerprint density at radius 2 is 2.24 bits per heavy atom. The molecular formula is C14H17N3. The number of hydrogen-bond donors (Lipinski definition) is 1. The number of H-pyrrole nitrogens is 1. The molecule has 0 atom stereocenters. The topological polar surface area (TPSA) is 42.8 Å². The van der Waals surface area contributed by atoms with Gasteiger partial charge in [0.05, 0.1) is 11.6 Å². The maximum Gasteiger partial charge on any atom is 0.0991 e. The summed E-state index contributed by atoms with van der Waals surface area (Å²) in [6, 6.07) is 7.97. The molecule has 0 fully saturated rings. The van der Waals surface area contributed by atoms with Gasteiger partial charge in [-0.25, -0.2) is 0 Å². The molecule has 2 rings (SSSR count). The Hall–Kier alpha value is -1.79. The normalized spacial score (nSPS) is 10.9. The van der Waals surface area contributed by atoms with Crippen LogP contribution in [0.15, 0.2) is 24.4 Å². The zero-order chi connectivity index (χ0) is 12.3. The molecule has 0 aliphatic carbocycles. The van der Waals surface area contributed by atoms with E-state index in [2.05, 4.69) is 36.1 Å². The van der Waals surface area contributed by atoms with Crippen LogP contribution in [0.5, 0.6) is 0 Å². The lowest BCUT2D eigenvalue weighted by Crippen LogP contribution is -2.20. The number of benzene rings is 1. The van der Waals surface area contributed by atoms with Crippen molar-refractivity contribution in [2.45, 2.75) is 13.3 Å². The lowest BCUT2D eigenvalue weighted by Gasteiger charge is -2.12. The van der Waals surface area contributed by atoms with Crippen molar-refractivity contribution < 1.29 is 0 Å². The van der Waals surface area contributed by atoms with Crippen LogP contribution in [0.25, 0.3) is 10.9 Å². The van der Waals surface area contributed by atoms with Crippen molar-refractivity contribution in [3.63, 3.8) is 0 Å². The van der Waals surface area contributed by atoms with Gasteiger partial charge in [0.2, 0.25) is 0 Å². The maximum atomic E-state index is 8.91. The minimum absolute atomic E-state index is 0.724. The van der Waals surface area contributed by atoms with Crippen LogP contribution in [0.2, 0.25) is 0 Å². The number of hydrogen-bond acceptors (Lipinski definition) is 2. The third-order valence-corrected chi connectivity index (χ3v) is 3.20. The quantitative estimate of drug-likeness (QED) is 0.872. The van der Waals surface area contributed by atoms with Crippen molar-refractivity contribution in [1.29, 1.82) is 5.26 Å². The van der Waals surface area contributed by atoms with Crippen LogP contribution in [0.4, 0.5) is 0 Å². The molecule has 1 aromatic heterocycles. The van der Waals surface area contributed by atoms with E-state index in [-0.39, 0.29) is 0 Å². The SMILES string of the molecule is CCN(C)CCc1c[nH]c2ccc(C#N)cc12. The largest absolute Gasteiger partial charge is 0.361 e. The summed E-state index contributed by atoms with van der Waals surface area (Å²) in [6.45, 7) is 4.26. The molecule has 0 unspecified atom stereocenters. The van der Waals surface area contributed by atoms with Crippen LogP contribution in [-0.2, 0) is 6.42 Å². The third-order valence-electron chi connectivity index (χ3n) is 3.20. The van der Waals surface area contributed by atoms with Crippen LogP contribution in [0.3, 0.4) is 0 Å². The summed E-state index contributed by atoms with van der Waals surface area (Å²) in [5.41, 5.74) is 3.12. The first-order valence-corrected chi connectivity index (χ1v) is 5.93. The van der Waals surface area contributed by atoms with E-state index in [1.807, 2.05) is 18.2 Å². The smallest absolute Gasteiger partial charge is 0.0991 e. The molecule has 0 spiro atoms. The van der Waals surface area contributed by atoms with Gasteiger partial charge in [0.1, 0.15) is 0 Å². The van der Waals surface area contributed by atoms with Crippen molar-refractivity contribution >= 4 is 10.9 Å². The van der Waals surface area contributed by atoms with E-state index in [9.17, 15) is 0 Å². The van der Waals surface area contributed by atoms with Crippen LogP contribution in [-0.4, -0.2) is 30.0 Å². The maximum absolute atomic E-state index is 8.91. The van der Waals surface area contributed by atoms with Crippen LogP contribution >= 0.6 is 0 Å². The fourth-order valence-electron chi connectivity index (χ4n) is 1.92. The summed E-state index contributed by atoms with van der Waals surface area (Å²) in [7, 11) is 2.12. The van der Waals surface area contributed by atoms with Gasteiger partial charge in [-0.05, 0) is 43.8 Å². The molecule has 3 heteroatoms. The zero-order valence-corrected chi connectivity index (χ0v) is 10.3. The lowest BCUT2D eigenvalue weighted by molar-refractivity contribution is 0.358. The van der Waals surface area contributed by atoms with Crippen LogP contribution in [0.1, 0.15) is 18.1 Å². The van der Waals surface area contributed by atoms with E-state index in [1.54, 1.807) is 0 Å². The predicted octanol–water partition coefficient (Wildman–Crippen LogP) is 2.53. The van der Waals surface area contributed by atoms with Crippen molar-refractivity contribution in [3.8, 4) is 6.07 Å². The molecule has 0 saturated carbocycles. The molecule has 1 N–H and O–H groups in total. The summed E-state index contributed by atoms with van der Waals surface area (Å²) in [4.78, 5) is 5.54. The molecule has 0 radical (unpaired) electrons. The second kappa shape index (κ2) is 5.03. The molecule has 0 aliphatic heterocycles. The molecule has 2 aromatic rings. The fraction of sp³-hybridized carbons (Fsp3) is 0.357. The summed E-state index contributed by atoms with van der Waals surface area (Å²) >= 11 is 0. The van der Waals surface area contributed by atoms with E-state index in [0.29, 0.717) is 0 Å². The highest BCUT2D eigenvalue weighted by molar-refractivity contribution is 5.84. The number of nitrogens with zero attached hydrogens (tertiary/aromatic N) is 2. The molecule has 1 aromatic carbocycles. The highest BCUT2D eigenvalue weighted by atomic mass is 15.1. The minimum Gasteiger partial charge on any atom is -0.361 e. The van der Waals surface area contributed by atoms with E-state index >= 15 is 0 Å². The van der Waals surface area contributed by atoms with Crippen molar-refractivity contribution in [1.82, 2.24) is 9.88 Å². The molecule has 0 saturated heterocycles. The van der Waals surface area contributed by atoms with E-state index in [1.165, 1.54) is 10.9 Å². The Kier molecular flexibility index (Phi) is 3.46. The molecule has 0 bridgehead atoms. The van der Waals surface area contributed by atoms with Crippen molar-refractivity contribution in [3.05, 3.63) is 35.5 Å². The van der Waals surface area contributed by atoms with E-state index in [4.69, 9.17) is 5.26 Å². The Morgan fingerprint density at radius 1 is 1.41 bits per heavy atom. The minimum atomic E-state index is 0.724. The first kappa shape index (κ1) is 11.7. The number of nitriles is 1. The second-order valence-electron chi connectivity index (χ2n) is 4.33. The van der Waals surface area contributed by atoms with Gasteiger partial charge in [-0.15, -0.1) is 0 Å². The van der Waals surface area contributed by atoms with Crippen LogP contribution in [0, 0.1) is 11.3 Å². The number of likely N-dealkylation sites (N-methyl/N-ethyl adjacent to an activating group) is 1. The summed E-state index contributed by atoms with van der Waals surface area (Å²) in [5.74, 6) is 0. The van der Waals surface area contributed by atoms with Gasteiger partial charge in [-0.1, -0.05) is 6.92 Å². The van der Waals surface area contributed by atoms with Gasteiger partial charge < -0.3 is 9.88 Å². The molecule has 17 heavy (non-hydrogen) atoms. The second-order valence-corrected chi connectivity index (χ2v) is 4.33. The van der Waals surface area contributed by atoms with Gasteiger partial charge in [0.25, 0.3) is 0 Å². The number of aromatic nitrogens is 1. The Labute approximate surface area is 102 Å². The van der Waals surface area contributed by atoms with E-state index < -0.39 is 0 Å². The molecule has 88 valence electrons. The summed E-state index contributed by atoms with van der Waals surface area (Å²) in [5, 5.41) is 10.1. The third kappa shape index (κ3) is 2.48. The average Bonchev–Trinajstić information content (AvgIpc) is 2.78. The number of rotatable bonds is 4. The standard InChI is InChI=1S/C14H17N3/c1-3-17(2)7-6-12-10-16-14-5-4-11(9-15)8-13(12)14/h4-5,8,10,16H,3,6-7H2,1-2H3. The van der Waals surface area contributed by atoms with Gasteiger partial charge in [-0.2, -0.15) is 5.26 Å². The fourth-order valence-corrected chi connectivity index (χ4v) is 1.92. The Bertz CT molecular complexity index is 548. The average molecular weight is 227 g/mol. The van der Waals surface area contributed by atoms with Crippen molar-refractivity contribution in [2.75, 3.05) is 20.1 Å². The van der Waals surface area contributed by atoms with Gasteiger partial charge >= 0.3 is 0 Å². The monoisotopic (exact) mass is 227 g/mol. The van der Waals surface area contributed by atoms with Crippen molar-refractivity contribution in [2.24, 2.45) is 0 Å².